The fourth-order valence-corrected chi connectivity index (χ4v) is 5.05. The Morgan fingerprint density at radius 2 is 1.85 bits per heavy atom. The summed E-state index contributed by atoms with van der Waals surface area (Å²) in [5.41, 5.74) is -1.16. The monoisotopic (exact) mass is 568 g/mol. The fourth-order valence-electron chi connectivity index (χ4n) is 5.05. The maximum absolute atomic E-state index is 12.6. The van der Waals surface area contributed by atoms with Gasteiger partial charge in [-0.25, -0.2) is 0 Å². The molecule has 0 aromatic heterocycles. The molecular weight excluding hydrogens is 520 g/mol. The third kappa shape index (κ3) is 9.78. The van der Waals surface area contributed by atoms with Crippen LogP contribution in [0.3, 0.4) is 0 Å². The number of esters is 2. The van der Waals surface area contributed by atoms with Gasteiger partial charge in [0.25, 0.3) is 0 Å². The van der Waals surface area contributed by atoms with Gasteiger partial charge in [0.05, 0.1) is 43.0 Å². The van der Waals surface area contributed by atoms with E-state index < -0.39 is 60.1 Å². The van der Waals surface area contributed by atoms with Gasteiger partial charge in [-0.15, -0.1) is 0 Å². The van der Waals surface area contributed by atoms with Gasteiger partial charge in [0.1, 0.15) is 11.7 Å². The van der Waals surface area contributed by atoms with E-state index in [-0.39, 0.29) is 36.9 Å². The Balaban J connectivity index is 2.15. The van der Waals surface area contributed by atoms with E-state index in [1.54, 1.807) is 13.0 Å². The number of cyclic esters (lactones) is 1. The summed E-state index contributed by atoms with van der Waals surface area (Å²) in [5, 5.41) is 51.5. The molecule has 0 amide bonds. The van der Waals surface area contributed by atoms with Gasteiger partial charge in [0, 0.05) is 25.2 Å². The molecule has 12 atom stereocenters. The van der Waals surface area contributed by atoms with Crippen molar-refractivity contribution in [2.45, 2.75) is 122 Å². The van der Waals surface area contributed by atoms with Crippen molar-refractivity contribution in [1.82, 2.24) is 0 Å². The molecule has 0 spiro atoms. The van der Waals surface area contributed by atoms with Crippen LogP contribution in [0.1, 0.15) is 67.7 Å². The van der Waals surface area contributed by atoms with Crippen LogP contribution in [0.15, 0.2) is 36.0 Å². The second kappa shape index (κ2) is 14.7. The Labute approximate surface area is 237 Å². The zero-order chi connectivity index (χ0) is 30.4. The van der Waals surface area contributed by atoms with Crippen molar-refractivity contribution in [2.24, 2.45) is 17.8 Å². The van der Waals surface area contributed by atoms with Crippen molar-refractivity contribution in [2.75, 3.05) is 0 Å². The number of aliphatic hydroxyl groups is 5. The average Bonchev–Trinajstić information content (AvgIpc) is 3.61. The Morgan fingerprint density at radius 1 is 1.20 bits per heavy atom. The largest absolute Gasteiger partial charge is 0.457 e. The number of allylic oxidation sites excluding steroid dienone is 3. The molecule has 0 aromatic rings. The van der Waals surface area contributed by atoms with E-state index in [0.717, 1.165) is 12.0 Å². The minimum atomic E-state index is -1.90. The van der Waals surface area contributed by atoms with Crippen LogP contribution in [-0.4, -0.2) is 91.9 Å². The van der Waals surface area contributed by atoms with Crippen LogP contribution >= 0.6 is 0 Å². The number of ether oxygens (including phenoxy) is 3. The van der Waals surface area contributed by atoms with E-state index in [1.165, 1.54) is 19.9 Å². The molecule has 0 saturated carbocycles. The van der Waals surface area contributed by atoms with Crippen LogP contribution in [0, 0.1) is 17.8 Å². The summed E-state index contributed by atoms with van der Waals surface area (Å²) in [6.45, 7) is 11.6. The molecule has 40 heavy (non-hydrogen) atoms. The van der Waals surface area contributed by atoms with E-state index in [0.29, 0.717) is 0 Å². The predicted molar refractivity (Wildman–Crippen MR) is 148 cm³/mol. The van der Waals surface area contributed by atoms with E-state index in [1.807, 2.05) is 45.9 Å². The molecule has 0 radical (unpaired) electrons. The molecule has 228 valence electrons. The number of hydrogen-bond acceptors (Lipinski definition) is 10. The zero-order valence-corrected chi connectivity index (χ0v) is 24.6. The maximum Gasteiger partial charge on any atom is 0.309 e. The topological polar surface area (TPSA) is 166 Å². The van der Waals surface area contributed by atoms with E-state index >= 15 is 0 Å². The first-order valence-corrected chi connectivity index (χ1v) is 14.0. The van der Waals surface area contributed by atoms with Crippen LogP contribution < -0.4 is 0 Å². The summed E-state index contributed by atoms with van der Waals surface area (Å²) >= 11 is 0. The van der Waals surface area contributed by atoms with Crippen molar-refractivity contribution in [3.05, 3.63) is 36.0 Å². The first-order valence-electron chi connectivity index (χ1n) is 14.0. The third-order valence-corrected chi connectivity index (χ3v) is 7.79. The summed E-state index contributed by atoms with van der Waals surface area (Å²) in [5.74, 6) is -1.68. The highest BCUT2D eigenvalue weighted by atomic mass is 16.6. The normalized spacial score (nSPS) is 37.9. The molecule has 10 heteroatoms. The molecule has 1 fully saturated rings. The van der Waals surface area contributed by atoms with Crippen LogP contribution in [0.5, 0.6) is 0 Å². The molecule has 0 unspecified atom stereocenters. The minimum absolute atomic E-state index is 0.0119. The van der Waals surface area contributed by atoms with Crippen LogP contribution in [0.25, 0.3) is 0 Å². The number of carbonyl (C=O) groups is 2. The molecule has 5 N–H and O–H groups in total. The summed E-state index contributed by atoms with van der Waals surface area (Å²) in [7, 11) is 0. The first-order chi connectivity index (χ1) is 18.5. The molecular formula is C30H48O10. The maximum atomic E-state index is 12.6. The number of hydrogen-bond donors (Lipinski definition) is 5. The molecule has 2 heterocycles. The van der Waals surface area contributed by atoms with E-state index in [2.05, 4.69) is 0 Å². The summed E-state index contributed by atoms with van der Waals surface area (Å²) in [4.78, 5) is 24.3. The van der Waals surface area contributed by atoms with Crippen LogP contribution in [0.4, 0.5) is 0 Å². The molecule has 2 aliphatic rings. The van der Waals surface area contributed by atoms with Crippen molar-refractivity contribution in [3.8, 4) is 0 Å². The first kappa shape index (κ1) is 34.1. The zero-order valence-electron chi connectivity index (χ0n) is 24.6. The molecule has 1 saturated heterocycles. The lowest BCUT2D eigenvalue weighted by atomic mass is 9.86. The van der Waals surface area contributed by atoms with Gasteiger partial charge >= 0.3 is 11.9 Å². The Morgan fingerprint density at radius 3 is 2.45 bits per heavy atom. The smallest absolute Gasteiger partial charge is 0.309 e. The van der Waals surface area contributed by atoms with Gasteiger partial charge in [-0.2, -0.15) is 0 Å². The Hall–Kier alpha value is -2.08. The summed E-state index contributed by atoms with van der Waals surface area (Å²) in [6.07, 6.45) is 2.59. The molecule has 2 rings (SSSR count). The lowest BCUT2D eigenvalue weighted by Crippen LogP contribution is -2.52. The number of rotatable bonds is 9. The Bertz CT molecular complexity index is 939. The number of aliphatic hydroxyl groups excluding tert-OH is 4. The molecule has 2 aliphatic heterocycles. The second-order valence-electron chi connectivity index (χ2n) is 11.8. The van der Waals surface area contributed by atoms with Gasteiger partial charge in [-0.05, 0) is 44.8 Å². The van der Waals surface area contributed by atoms with Gasteiger partial charge in [0.15, 0.2) is 6.10 Å². The van der Waals surface area contributed by atoms with Crippen molar-refractivity contribution < 1.29 is 49.3 Å². The summed E-state index contributed by atoms with van der Waals surface area (Å²) < 4.78 is 16.7. The number of carbonyl (C=O) groups excluding carboxylic acids is 2. The molecule has 0 bridgehead atoms. The van der Waals surface area contributed by atoms with E-state index in [4.69, 9.17) is 14.2 Å². The fraction of sp³-hybridized carbons (Fsp3) is 0.733. The second-order valence-corrected chi connectivity index (χ2v) is 11.8. The Kier molecular flexibility index (Phi) is 12.5. The third-order valence-electron chi connectivity index (χ3n) is 7.79. The van der Waals surface area contributed by atoms with Crippen molar-refractivity contribution in [3.63, 3.8) is 0 Å². The minimum Gasteiger partial charge on any atom is -0.457 e. The van der Waals surface area contributed by atoms with Crippen LogP contribution in [-0.2, 0) is 23.8 Å². The van der Waals surface area contributed by atoms with Crippen molar-refractivity contribution in [1.29, 1.82) is 0 Å². The highest BCUT2D eigenvalue weighted by molar-refractivity contribution is 5.70. The van der Waals surface area contributed by atoms with Crippen molar-refractivity contribution >= 4 is 11.9 Å². The predicted octanol–water partition coefficient (Wildman–Crippen LogP) is 1.96. The quantitative estimate of drug-likeness (QED) is 0.120. The molecule has 10 nitrogen and oxygen atoms in total. The molecule has 0 aliphatic carbocycles. The molecule has 0 aromatic carbocycles. The van der Waals surface area contributed by atoms with E-state index in [9.17, 15) is 35.1 Å². The van der Waals surface area contributed by atoms with Gasteiger partial charge in [-0.3, -0.25) is 9.59 Å². The lowest BCUT2D eigenvalue weighted by molar-refractivity contribution is -0.172. The van der Waals surface area contributed by atoms with Gasteiger partial charge < -0.3 is 39.7 Å². The van der Waals surface area contributed by atoms with Gasteiger partial charge in [0.2, 0.25) is 0 Å². The SMILES string of the molecule is CC(=O)O[C@H]1/C=C/[C@H](C)[C@H](/C(C)=C/C=C/[C@H](C)C[C@H]2O[C@@H]2[C@H](C)[C@@H](O)[C@H](C)O)OC(=O)C[C@H](O)C[C@@H](O)[C@@]1(C)O. The highest BCUT2D eigenvalue weighted by Crippen LogP contribution is 2.36. The highest BCUT2D eigenvalue weighted by Gasteiger charge is 2.46. The number of epoxide rings is 1. The standard InChI is InChI=1S/C30H48O10/c1-16(13-23-29(39-23)19(4)27(36)20(5)31)9-8-10-17(2)28-18(3)11-12-25(38-21(6)32)30(7,37)24(34)14-22(33)15-26(35)40-28/h8-12,16,18-20,22-25,27-29,31,33-34,36-37H,13-15H2,1-7H3/b9-8+,12-11+,17-10+/t16-,18-,19+,20-,22+,23+,24+,25-,27+,28-,29+,30+/m0/s1. The van der Waals surface area contributed by atoms with Crippen LogP contribution in [0.2, 0.25) is 0 Å². The lowest BCUT2D eigenvalue weighted by Gasteiger charge is -2.36. The average molecular weight is 569 g/mol. The van der Waals surface area contributed by atoms with Gasteiger partial charge in [-0.1, -0.05) is 45.1 Å². The summed E-state index contributed by atoms with van der Waals surface area (Å²) in [6, 6.07) is 0.